The Balaban J connectivity index is 1.95. The highest BCUT2D eigenvalue weighted by Crippen LogP contribution is 2.29. The molecule has 0 radical (unpaired) electrons. The number of rotatable bonds is 5. The number of amides is 1. The van der Waals surface area contributed by atoms with Gasteiger partial charge in [-0.15, -0.1) is 0 Å². The van der Waals surface area contributed by atoms with Crippen molar-refractivity contribution in [1.82, 2.24) is 5.32 Å². The van der Waals surface area contributed by atoms with Crippen LogP contribution in [-0.4, -0.2) is 24.2 Å². The molecular formula is C14H19NO3. The third-order valence-corrected chi connectivity index (χ3v) is 3.25. The van der Waals surface area contributed by atoms with Crippen LogP contribution < -0.4 is 10.1 Å². The SMILES string of the molecule is COc1ccc(C(O)C(C)NC(=O)C2CC2)cc1. The first-order chi connectivity index (χ1) is 8.61. The number of carbonyl (C=O) groups excluding carboxylic acids is 1. The van der Waals surface area contributed by atoms with E-state index in [0.29, 0.717) is 0 Å². The van der Waals surface area contributed by atoms with Crippen molar-refractivity contribution in [3.8, 4) is 5.75 Å². The van der Waals surface area contributed by atoms with Gasteiger partial charge in [-0.2, -0.15) is 0 Å². The molecule has 1 aromatic rings. The maximum Gasteiger partial charge on any atom is 0.223 e. The number of methoxy groups -OCH3 is 1. The summed E-state index contributed by atoms with van der Waals surface area (Å²) in [6.07, 6.45) is 1.24. The van der Waals surface area contributed by atoms with Crippen molar-refractivity contribution in [2.24, 2.45) is 5.92 Å². The number of nitrogens with one attached hydrogen (secondary N) is 1. The van der Waals surface area contributed by atoms with Gasteiger partial charge >= 0.3 is 0 Å². The second kappa shape index (κ2) is 5.40. The lowest BCUT2D eigenvalue weighted by atomic mass is 10.0. The predicted octanol–water partition coefficient (Wildman–Crippen LogP) is 1.64. The standard InChI is InChI=1S/C14H19NO3/c1-9(15-14(17)11-3-4-11)13(16)10-5-7-12(18-2)8-6-10/h5-9,11,13,16H,3-4H2,1-2H3,(H,15,17). The van der Waals surface area contributed by atoms with E-state index in [2.05, 4.69) is 5.32 Å². The Hall–Kier alpha value is -1.55. The van der Waals surface area contributed by atoms with E-state index < -0.39 is 6.10 Å². The summed E-state index contributed by atoms with van der Waals surface area (Å²) in [5, 5.41) is 13.0. The second-order valence-electron chi connectivity index (χ2n) is 4.79. The Morgan fingerprint density at radius 2 is 2.00 bits per heavy atom. The number of aliphatic hydroxyl groups excluding tert-OH is 1. The van der Waals surface area contributed by atoms with Gasteiger partial charge in [-0.25, -0.2) is 0 Å². The minimum absolute atomic E-state index is 0.0510. The molecule has 0 aliphatic heterocycles. The van der Waals surface area contributed by atoms with Crippen LogP contribution in [0.15, 0.2) is 24.3 Å². The molecule has 0 heterocycles. The number of aliphatic hydroxyl groups is 1. The van der Waals surface area contributed by atoms with Crippen LogP contribution in [0.4, 0.5) is 0 Å². The number of carbonyl (C=O) groups is 1. The fourth-order valence-electron chi connectivity index (χ4n) is 1.86. The molecule has 2 unspecified atom stereocenters. The molecule has 98 valence electrons. The Kier molecular flexibility index (Phi) is 3.87. The van der Waals surface area contributed by atoms with Crippen molar-refractivity contribution in [1.29, 1.82) is 0 Å². The van der Waals surface area contributed by atoms with Crippen LogP contribution in [0.3, 0.4) is 0 Å². The number of hydrogen-bond donors (Lipinski definition) is 2. The van der Waals surface area contributed by atoms with Gasteiger partial charge in [0.05, 0.1) is 19.3 Å². The predicted molar refractivity (Wildman–Crippen MR) is 68.3 cm³/mol. The van der Waals surface area contributed by atoms with Gasteiger partial charge in [-0.05, 0) is 37.5 Å². The van der Waals surface area contributed by atoms with Crippen LogP contribution in [0.2, 0.25) is 0 Å². The summed E-state index contributed by atoms with van der Waals surface area (Å²) in [5.74, 6) is 0.964. The van der Waals surface area contributed by atoms with Crippen LogP contribution in [0.1, 0.15) is 31.4 Å². The molecule has 4 heteroatoms. The number of benzene rings is 1. The minimum atomic E-state index is -0.696. The van der Waals surface area contributed by atoms with Gasteiger partial charge in [-0.3, -0.25) is 4.79 Å². The topological polar surface area (TPSA) is 58.6 Å². The summed E-state index contributed by atoms with van der Waals surface area (Å²) in [7, 11) is 1.60. The smallest absolute Gasteiger partial charge is 0.223 e. The third-order valence-electron chi connectivity index (χ3n) is 3.25. The molecule has 1 fully saturated rings. The Morgan fingerprint density at radius 1 is 1.39 bits per heavy atom. The van der Waals surface area contributed by atoms with Gasteiger partial charge in [0.15, 0.2) is 0 Å². The molecule has 0 aromatic heterocycles. The van der Waals surface area contributed by atoms with Crippen molar-refractivity contribution in [2.75, 3.05) is 7.11 Å². The van der Waals surface area contributed by atoms with Crippen molar-refractivity contribution in [2.45, 2.75) is 31.9 Å². The Bertz CT molecular complexity index is 412. The normalized spacial score (nSPS) is 17.9. The first-order valence-electron chi connectivity index (χ1n) is 6.24. The maximum atomic E-state index is 11.6. The molecule has 1 saturated carbocycles. The van der Waals surface area contributed by atoms with Gasteiger partial charge in [0.2, 0.25) is 5.91 Å². The monoisotopic (exact) mass is 249 g/mol. The molecular weight excluding hydrogens is 230 g/mol. The molecule has 2 N–H and O–H groups in total. The molecule has 1 aliphatic rings. The van der Waals surface area contributed by atoms with Crippen molar-refractivity contribution in [3.05, 3.63) is 29.8 Å². The summed E-state index contributed by atoms with van der Waals surface area (Å²) in [5.41, 5.74) is 0.777. The highest BCUT2D eigenvalue weighted by Gasteiger charge is 2.31. The highest BCUT2D eigenvalue weighted by atomic mass is 16.5. The summed E-state index contributed by atoms with van der Waals surface area (Å²) in [6, 6.07) is 6.93. The van der Waals surface area contributed by atoms with E-state index in [-0.39, 0.29) is 17.9 Å². The third kappa shape index (κ3) is 3.01. The van der Waals surface area contributed by atoms with Gasteiger partial charge in [0.1, 0.15) is 5.75 Å². The zero-order valence-corrected chi connectivity index (χ0v) is 10.7. The van der Waals surface area contributed by atoms with Gasteiger partial charge in [-0.1, -0.05) is 12.1 Å². The van der Waals surface area contributed by atoms with Crippen LogP contribution in [0.25, 0.3) is 0 Å². The van der Waals surface area contributed by atoms with E-state index >= 15 is 0 Å². The molecule has 2 atom stereocenters. The summed E-state index contributed by atoms with van der Waals surface area (Å²) >= 11 is 0. The molecule has 0 bridgehead atoms. The average molecular weight is 249 g/mol. The number of ether oxygens (including phenoxy) is 1. The first-order valence-corrected chi connectivity index (χ1v) is 6.24. The van der Waals surface area contributed by atoms with Crippen LogP contribution >= 0.6 is 0 Å². The van der Waals surface area contributed by atoms with Crippen LogP contribution in [-0.2, 0) is 4.79 Å². The minimum Gasteiger partial charge on any atom is -0.497 e. The molecule has 1 amide bonds. The highest BCUT2D eigenvalue weighted by molar-refractivity contribution is 5.81. The Labute approximate surface area is 107 Å². The lowest BCUT2D eigenvalue weighted by molar-refractivity contribution is -0.123. The van der Waals surface area contributed by atoms with Crippen molar-refractivity contribution >= 4 is 5.91 Å². The lowest BCUT2D eigenvalue weighted by Gasteiger charge is -2.20. The molecule has 0 saturated heterocycles. The van der Waals surface area contributed by atoms with Crippen LogP contribution in [0, 0.1) is 5.92 Å². The van der Waals surface area contributed by atoms with E-state index in [1.54, 1.807) is 19.2 Å². The Morgan fingerprint density at radius 3 is 2.50 bits per heavy atom. The lowest BCUT2D eigenvalue weighted by Crippen LogP contribution is -2.37. The molecule has 18 heavy (non-hydrogen) atoms. The largest absolute Gasteiger partial charge is 0.497 e. The average Bonchev–Trinajstić information content (AvgIpc) is 3.22. The quantitative estimate of drug-likeness (QED) is 0.834. The number of hydrogen-bond acceptors (Lipinski definition) is 3. The van der Waals surface area contributed by atoms with Crippen LogP contribution in [0.5, 0.6) is 5.75 Å². The molecule has 0 spiro atoms. The van der Waals surface area contributed by atoms with E-state index in [1.165, 1.54) is 0 Å². The van der Waals surface area contributed by atoms with Crippen molar-refractivity contribution < 1.29 is 14.6 Å². The van der Waals surface area contributed by atoms with Gasteiger partial charge in [0.25, 0.3) is 0 Å². The summed E-state index contributed by atoms with van der Waals surface area (Å²) in [6.45, 7) is 1.81. The molecule has 1 aliphatic carbocycles. The zero-order valence-electron chi connectivity index (χ0n) is 10.7. The first kappa shape index (κ1) is 12.9. The van der Waals surface area contributed by atoms with E-state index in [4.69, 9.17) is 4.74 Å². The van der Waals surface area contributed by atoms with E-state index in [0.717, 1.165) is 24.2 Å². The summed E-state index contributed by atoms with van der Waals surface area (Å²) in [4.78, 5) is 11.6. The van der Waals surface area contributed by atoms with Gasteiger partial charge in [0, 0.05) is 5.92 Å². The summed E-state index contributed by atoms with van der Waals surface area (Å²) < 4.78 is 5.06. The zero-order chi connectivity index (χ0) is 13.1. The van der Waals surface area contributed by atoms with E-state index in [1.807, 2.05) is 19.1 Å². The van der Waals surface area contributed by atoms with E-state index in [9.17, 15) is 9.90 Å². The van der Waals surface area contributed by atoms with Crippen molar-refractivity contribution in [3.63, 3.8) is 0 Å². The fourth-order valence-corrected chi connectivity index (χ4v) is 1.86. The fraction of sp³-hybridized carbons (Fsp3) is 0.500. The second-order valence-corrected chi connectivity index (χ2v) is 4.79. The molecule has 1 aromatic carbocycles. The molecule has 4 nitrogen and oxygen atoms in total. The maximum absolute atomic E-state index is 11.6. The molecule has 2 rings (SSSR count). The van der Waals surface area contributed by atoms with Gasteiger partial charge < -0.3 is 15.2 Å².